The first kappa shape index (κ1) is 11.8. The number of hydrogen-bond donors (Lipinski definition) is 1. The second kappa shape index (κ2) is 4.15. The molecule has 0 saturated heterocycles. The minimum absolute atomic E-state index is 0. The number of aromatic amines is 1. The number of aromatic nitrogens is 2. The van der Waals surface area contributed by atoms with Gasteiger partial charge in [0.25, 0.3) is 0 Å². The van der Waals surface area contributed by atoms with Crippen molar-refractivity contribution in [1.82, 2.24) is 10.2 Å². The van der Waals surface area contributed by atoms with Gasteiger partial charge in [0.05, 0.1) is 17.3 Å². The van der Waals surface area contributed by atoms with E-state index >= 15 is 0 Å². The first-order valence-corrected chi connectivity index (χ1v) is 4.18. The van der Waals surface area contributed by atoms with Gasteiger partial charge in [-0.15, -0.1) is 24.0 Å². The van der Waals surface area contributed by atoms with Gasteiger partial charge in [-0.05, 0) is 6.07 Å². The zero-order valence-electron chi connectivity index (χ0n) is 7.52. The first-order chi connectivity index (χ1) is 5.04. The van der Waals surface area contributed by atoms with Crippen LogP contribution in [0, 0.1) is 0 Å². The van der Waals surface area contributed by atoms with Crippen molar-refractivity contribution in [3.05, 3.63) is 17.5 Å². The van der Waals surface area contributed by atoms with Crippen LogP contribution >= 0.6 is 24.0 Å². The number of nitrogens with one attached hydrogen (secondary N) is 1. The van der Waals surface area contributed by atoms with E-state index < -0.39 is 0 Å². The molecule has 0 unspecified atom stereocenters. The molecule has 1 N–H and O–H groups in total. The van der Waals surface area contributed by atoms with E-state index in [0.29, 0.717) is 5.88 Å². The van der Waals surface area contributed by atoms with Crippen molar-refractivity contribution < 1.29 is 0 Å². The molecule has 1 aromatic heterocycles. The highest BCUT2D eigenvalue weighted by Gasteiger charge is 2.16. The van der Waals surface area contributed by atoms with Gasteiger partial charge in [0, 0.05) is 5.41 Å². The maximum Gasteiger partial charge on any atom is 0.0678 e. The summed E-state index contributed by atoms with van der Waals surface area (Å²) in [6.07, 6.45) is 0. The number of hydrogen-bond acceptors (Lipinski definition) is 1. The highest BCUT2D eigenvalue weighted by molar-refractivity contribution is 6.16. The van der Waals surface area contributed by atoms with Crippen molar-refractivity contribution in [3.63, 3.8) is 0 Å². The normalized spacial score (nSPS) is 11.0. The lowest BCUT2D eigenvalue weighted by Gasteiger charge is -2.13. The molecule has 0 atom stereocenters. The summed E-state index contributed by atoms with van der Waals surface area (Å²) in [5, 5.41) is 7.03. The van der Waals surface area contributed by atoms with Crippen LogP contribution in [0.2, 0.25) is 0 Å². The number of rotatable bonds is 1. The molecule has 0 spiro atoms. The quantitative estimate of drug-likeness (QED) is 0.708. The number of halogens is 2. The standard InChI is InChI=1S/C8H13ClN2.ClH/c1-8(2,3)7-4-6(5-9)10-11-7;/h4H,5H2,1-3H3,(H,10,11);1H. The van der Waals surface area contributed by atoms with E-state index in [1.165, 1.54) is 0 Å². The smallest absolute Gasteiger partial charge is 0.0678 e. The van der Waals surface area contributed by atoms with Crippen molar-refractivity contribution >= 4 is 24.0 Å². The van der Waals surface area contributed by atoms with E-state index in [2.05, 4.69) is 31.0 Å². The fourth-order valence-electron chi connectivity index (χ4n) is 0.814. The molecular formula is C8H14Cl2N2. The Kier molecular flexibility index (Phi) is 4.08. The van der Waals surface area contributed by atoms with Crippen LogP contribution in [0.25, 0.3) is 0 Å². The van der Waals surface area contributed by atoms with Gasteiger partial charge in [-0.3, -0.25) is 5.10 Å². The molecule has 0 radical (unpaired) electrons. The molecule has 0 aliphatic heterocycles. The second-order valence-electron chi connectivity index (χ2n) is 3.66. The van der Waals surface area contributed by atoms with Gasteiger partial charge in [-0.1, -0.05) is 20.8 Å². The maximum atomic E-state index is 5.62. The lowest BCUT2D eigenvalue weighted by atomic mass is 9.92. The van der Waals surface area contributed by atoms with Gasteiger partial charge < -0.3 is 0 Å². The third-order valence-corrected chi connectivity index (χ3v) is 1.83. The average Bonchev–Trinajstić information content (AvgIpc) is 2.32. The Labute approximate surface area is 84.1 Å². The molecule has 1 heterocycles. The molecule has 0 aliphatic carbocycles. The summed E-state index contributed by atoms with van der Waals surface area (Å²) in [4.78, 5) is 0. The minimum atomic E-state index is 0. The van der Waals surface area contributed by atoms with Crippen molar-refractivity contribution in [3.8, 4) is 0 Å². The third kappa shape index (κ3) is 2.68. The zero-order valence-corrected chi connectivity index (χ0v) is 9.09. The van der Waals surface area contributed by atoms with E-state index in [1.54, 1.807) is 0 Å². The summed E-state index contributed by atoms with van der Waals surface area (Å²) in [5.41, 5.74) is 2.16. The number of H-pyrrole nitrogens is 1. The molecule has 1 rings (SSSR count). The first-order valence-electron chi connectivity index (χ1n) is 3.65. The predicted octanol–water partition coefficient (Wildman–Crippen LogP) is 2.87. The minimum Gasteiger partial charge on any atom is -0.281 e. The Hall–Kier alpha value is -0.210. The van der Waals surface area contributed by atoms with E-state index in [4.69, 9.17) is 11.6 Å². The Morgan fingerprint density at radius 3 is 2.33 bits per heavy atom. The van der Waals surface area contributed by atoms with Gasteiger partial charge >= 0.3 is 0 Å². The number of nitrogens with zero attached hydrogens (tertiary/aromatic N) is 1. The van der Waals surface area contributed by atoms with Crippen LogP contribution < -0.4 is 0 Å². The fraction of sp³-hybridized carbons (Fsp3) is 0.625. The lowest BCUT2D eigenvalue weighted by molar-refractivity contribution is 0.567. The molecule has 70 valence electrons. The fourth-order valence-corrected chi connectivity index (χ4v) is 0.951. The van der Waals surface area contributed by atoms with Crippen LogP contribution in [0.15, 0.2) is 6.07 Å². The Morgan fingerprint density at radius 2 is 2.08 bits per heavy atom. The molecule has 2 nitrogen and oxygen atoms in total. The van der Waals surface area contributed by atoms with Crippen molar-refractivity contribution in [2.45, 2.75) is 32.1 Å². The SMILES string of the molecule is CC(C)(C)c1cc(CCl)[nH]n1.Cl. The van der Waals surface area contributed by atoms with Crippen molar-refractivity contribution in [2.75, 3.05) is 0 Å². The van der Waals surface area contributed by atoms with E-state index in [9.17, 15) is 0 Å². The molecule has 0 saturated carbocycles. The molecule has 0 bridgehead atoms. The average molecular weight is 209 g/mol. The summed E-state index contributed by atoms with van der Waals surface area (Å²) < 4.78 is 0. The van der Waals surface area contributed by atoms with Gasteiger partial charge in [-0.25, -0.2) is 0 Å². The molecule has 0 aromatic carbocycles. The Morgan fingerprint density at radius 1 is 1.50 bits per heavy atom. The van der Waals surface area contributed by atoms with Crippen LogP contribution in [-0.2, 0) is 11.3 Å². The van der Waals surface area contributed by atoms with Crippen LogP contribution in [0.4, 0.5) is 0 Å². The summed E-state index contributed by atoms with van der Waals surface area (Å²) >= 11 is 5.62. The van der Waals surface area contributed by atoms with E-state index in [1.807, 2.05) is 6.07 Å². The Balaban J connectivity index is 0.00000121. The monoisotopic (exact) mass is 208 g/mol. The van der Waals surface area contributed by atoms with Crippen LogP contribution in [0.1, 0.15) is 32.2 Å². The molecule has 12 heavy (non-hydrogen) atoms. The summed E-state index contributed by atoms with van der Waals surface area (Å²) in [6.45, 7) is 6.38. The molecular weight excluding hydrogens is 195 g/mol. The number of alkyl halides is 1. The van der Waals surface area contributed by atoms with Gasteiger partial charge in [-0.2, -0.15) is 5.10 Å². The molecule has 1 aromatic rings. The third-order valence-electron chi connectivity index (χ3n) is 1.54. The molecule has 4 heteroatoms. The van der Waals surface area contributed by atoms with Crippen molar-refractivity contribution in [2.24, 2.45) is 0 Å². The predicted molar refractivity (Wildman–Crippen MR) is 54.1 cm³/mol. The van der Waals surface area contributed by atoms with Gasteiger partial charge in [0.15, 0.2) is 0 Å². The van der Waals surface area contributed by atoms with Crippen molar-refractivity contribution in [1.29, 1.82) is 0 Å². The summed E-state index contributed by atoms with van der Waals surface area (Å²) in [5.74, 6) is 0.503. The van der Waals surface area contributed by atoms with Crippen LogP contribution in [-0.4, -0.2) is 10.2 Å². The molecule has 0 aliphatic rings. The topological polar surface area (TPSA) is 28.7 Å². The van der Waals surface area contributed by atoms with Gasteiger partial charge in [0.2, 0.25) is 0 Å². The lowest BCUT2D eigenvalue weighted by Crippen LogP contribution is -2.11. The zero-order chi connectivity index (χ0) is 8.48. The van der Waals surface area contributed by atoms with E-state index in [-0.39, 0.29) is 17.8 Å². The van der Waals surface area contributed by atoms with Gasteiger partial charge in [0.1, 0.15) is 0 Å². The van der Waals surface area contributed by atoms with E-state index in [0.717, 1.165) is 11.4 Å². The highest BCUT2D eigenvalue weighted by atomic mass is 35.5. The largest absolute Gasteiger partial charge is 0.281 e. The molecule has 0 amide bonds. The summed E-state index contributed by atoms with van der Waals surface area (Å²) in [7, 11) is 0. The van der Waals surface area contributed by atoms with Crippen LogP contribution in [0.5, 0.6) is 0 Å². The second-order valence-corrected chi connectivity index (χ2v) is 3.93. The highest BCUT2D eigenvalue weighted by Crippen LogP contribution is 2.20. The summed E-state index contributed by atoms with van der Waals surface area (Å²) in [6, 6.07) is 2.01. The molecule has 0 fully saturated rings. The maximum absolute atomic E-state index is 5.62. The van der Waals surface area contributed by atoms with Crippen LogP contribution in [0.3, 0.4) is 0 Å². The Bertz CT molecular complexity index is 237.